The molecule has 5 heteroatoms. The van der Waals surface area contributed by atoms with Crippen molar-refractivity contribution >= 4 is 17.6 Å². The smallest absolute Gasteiger partial charge is 0.148 e. The van der Waals surface area contributed by atoms with E-state index in [1.54, 1.807) is 6.08 Å². The van der Waals surface area contributed by atoms with E-state index >= 15 is 0 Å². The van der Waals surface area contributed by atoms with Crippen LogP contribution < -0.4 is 11.1 Å². The molecule has 0 saturated carbocycles. The Labute approximate surface area is 159 Å². The summed E-state index contributed by atoms with van der Waals surface area (Å²) in [6, 6.07) is 16.1. The van der Waals surface area contributed by atoms with E-state index < -0.39 is 0 Å². The lowest BCUT2D eigenvalue weighted by atomic mass is 9.84. The van der Waals surface area contributed by atoms with Gasteiger partial charge in [0, 0.05) is 23.2 Å². The second-order valence-corrected chi connectivity index (χ2v) is 7.10. The van der Waals surface area contributed by atoms with Crippen LogP contribution in [-0.4, -0.2) is 16.7 Å². The Kier molecular flexibility index (Phi) is 5.21. The summed E-state index contributed by atoms with van der Waals surface area (Å²) in [5.41, 5.74) is 10.0. The van der Waals surface area contributed by atoms with Crippen LogP contribution in [0.4, 0.5) is 15.9 Å². The Morgan fingerprint density at radius 3 is 2.44 bits per heavy atom. The van der Waals surface area contributed by atoms with Crippen LogP contribution >= 0.6 is 0 Å². The third-order valence-corrected chi connectivity index (χ3v) is 4.60. The van der Waals surface area contributed by atoms with E-state index in [1.165, 1.54) is 12.1 Å². The van der Waals surface area contributed by atoms with Gasteiger partial charge in [0.2, 0.25) is 0 Å². The van der Waals surface area contributed by atoms with Crippen LogP contribution in [-0.2, 0) is 5.41 Å². The van der Waals surface area contributed by atoms with E-state index in [0.29, 0.717) is 18.1 Å². The highest BCUT2D eigenvalue weighted by Gasteiger charge is 2.20. The minimum Gasteiger partial charge on any atom is -0.398 e. The third-order valence-electron chi connectivity index (χ3n) is 4.60. The zero-order valence-electron chi connectivity index (χ0n) is 15.5. The van der Waals surface area contributed by atoms with Gasteiger partial charge in [0.15, 0.2) is 0 Å². The van der Waals surface area contributed by atoms with Gasteiger partial charge >= 0.3 is 0 Å². The highest BCUT2D eigenvalue weighted by Crippen LogP contribution is 2.25. The molecule has 0 unspecified atom stereocenters. The molecule has 1 aromatic heterocycles. The molecule has 3 rings (SSSR count). The van der Waals surface area contributed by atoms with Gasteiger partial charge in [-0.05, 0) is 47.5 Å². The van der Waals surface area contributed by atoms with E-state index in [2.05, 4.69) is 35.9 Å². The lowest BCUT2D eigenvalue weighted by Crippen LogP contribution is -2.28. The molecule has 3 aromatic rings. The lowest BCUT2D eigenvalue weighted by Gasteiger charge is -2.25. The van der Waals surface area contributed by atoms with Crippen molar-refractivity contribution in [1.82, 2.24) is 10.2 Å². The molecule has 0 aliphatic heterocycles. The monoisotopic (exact) mass is 362 g/mol. The molecule has 0 amide bonds. The zero-order valence-corrected chi connectivity index (χ0v) is 15.5. The SMILES string of the molecule is C=Cc1cc(-c2ccc(NCC(C)(C)c3ccc(F)cc3)nn2)ccc1N. The first-order chi connectivity index (χ1) is 12.9. The highest BCUT2D eigenvalue weighted by atomic mass is 19.1. The first-order valence-electron chi connectivity index (χ1n) is 8.75. The fourth-order valence-corrected chi connectivity index (χ4v) is 2.81. The van der Waals surface area contributed by atoms with Crippen molar-refractivity contribution in [2.45, 2.75) is 19.3 Å². The fourth-order valence-electron chi connectivity index (χ4n) is 2.81. The molecular weight excluding hydrogens is 339 g/mol. The van der Waals surface area contributed by atoms with Gasteiger partial charge in [0.05, 0.1) is 5.69 Å². The number of hydrogen-bond acceptors (Lipinski definition) is 4. The molecule has 0 aliphatic carbocycles. The number of anilines is 2. The topological polar surface area (TPSA) is 63.8 Å². The molecule has 0 spiro atoms. The van der Waals surface area contributed by atoms with Crippen LogP contribution in [0.25, 0.3) is 17.3 Å². The van der Waals surface area contributed by atoms with Crippen molar-refractivity contribution in [1.29, 1.82) is 0 Å². The first kappa shape index (κ1) is 18.6. The van der Waals surface area contributed by atoms with E-state index in [9.17, 15) is 4.39 Å². The Morgan fingerprint density at radius 2 is 1.81 bits per heavy atom. The van der Waals surface area contributed by atoms with Crippen LogP contribution in [0.15, 0.2) is 61.2 Å². The second-order valence-electron chi connectivity index (χ2n) is 7.10. The zero-order chi connectivity index (χ0) is 19.4. The summed E-state index contributed by atoms with van der Waals surface area (Å²) in [4.78, 5) is 0. The van der Waals surface area contributed by atoms with Crippen molar-refractivity contribution in [3.05, 3.63) is 78.1 Å². The molecule has 138 valence electrons. The lowest BCUT2D eigenvalue weighted by molar-refractivity contribution is 0.552. The number of nitrogen functional groups attached to an aromatic ring is 1. The standard InChI is InChI=1S/C22H23FN4/c1-4-15-13-16(5-10-19(15)24)20-11-12-21(27-26-20)25-14-22(2,3)17-6-8-18(23)9-7-17/h4-13H,1,14,24H2,2-3H3,(H,25,27). The average molecular weight is 362 g/mol. The predicted molar refractivity (Wildman–Crippen MR) is 110 cm³/mol. The van der Waals surface area contributed by atoms with Crippen molar-refractivity contribution in [3.8, 4) is 11.3 Å². The van der Waals surface area contributed by atoms with E-state index in [4.69, 9.17) is 5.73 Å². The van der Waals surface area contributed by atoms with Crippen LogP contribution in [0.5, 0.6) is 0 Å². The number of benzene rings is 2. The summed E-state index contributed by atoms with van der Waals surface area (Å²) in [5, 5.41) is 11.9. The van der Waals surface area contributed by atoms with Crippen LogP contribution in [0, 0.1) is 5.82 Å². The molecule has 27 heavy (non-hydrogen) atoms. The Balaban J connectivity index is 1.70. The Bertz CT molecular complexity index is 932. The summed E-state index contributed by atoms with van der Waals surface area (Å²) in [6.45, 7) is 8.61. The summed E-state index contributed by atoms with van der Waals surface area (Å²) in [7, 11) is 0. The van der Waals surface area contributed by atoms with Crippen molar-refractivity contribution < 1.29 is 4.39 Å². The maximum atomic E-state index is 13.1. The number of nitrogens with zero attached hydrogens (tertiary/aromatic N) is 2. The van der Waals surface area contributed by atoms with E-state index in [0.717, 1.165) is 22.4 Å². The number of nitrogens with two attached hydrogens (primary N) is 1. The van der Waals surface area contributed by atoms with Crippen LogP contribution in [0.1, 0.15) is 25.0 Å². The predicted octanol–water partition coefficient (Wildman–Crippen LogP) is 4.90. The number of aromatic nitrogens is 2. The van der Waals surface area contributed by atoms with E-state index in [1.807, 2.05) is 42.5 Å². The molecule has 0 saturated heterocycles. The van der Waals surface area contributed by atoms with Gasteiger partial charge in [0.25, 0.3) is 0 Å². The normalized spacial score (nSPS) is 11.2. The maximum Gasteiger partial charge on any atom is 0.148 e. The van der Waals surface area contributed by atoms with Gasteiger partial charge in [0.1, 0.15) is 11.6 Å². The quantitative estimate of drug-likeness (QED) is 0.612. The van der Waals surface area contributed by atoms with Crippen molar-refractivity contribution in [2.24, 2.45) is 0 Å². The molecule has 0 atom stereocenters. The van der Waals surface area contributed by atoms with Crippen LogP contribution in [0.3, 0.4) is 0 Å². The van der Waals surface area contributed by atoms with Gasteiger partial charge in [-0.15, -0.1) is 10.2 Å². The highest BCUT2D eigenvalue weighted by molar-refractivity contribution is 5.71. The molecule has 0 radical (unpaired) electrons. The molecular formula is C22H23FN4. The third kappa shape index (κ3) is 4.31. The number of halogens is 1. The maximum absolute atomic E-state index is 13.1. The number of hydrogen-bond donors (Lipinski definition) is 2. The van der Waals surface area contributed by atoms with Gasteiger partial charge in [-0.3, -0.25) is 0 Å². The summed E-state index contributed by atoms with van der Waals surface area (Å²) < 4.78 is 13.1. The minimum atomic E-state index is -0.230. The molecule has 0 bridgehead atoms. The summed E-state index contributed by atoms with van der Waals surface area (Å²) in [6.07, 6.45) is 1.72. The number of rotatable bonds is 6. The second kappa shape index (κ2) is 7.58. The Morgan fingerprint density at radius 1 is 1.07 bits per heavy atom. The molecule has 0 fully saturated rings. The first-order valence-corrected chi connectivity index (χ1v) is 8.75. The van der Waals surface area contributed by atoms with Crippen molar-refractivity contribution in [2.75, 3.05) is 17.6 Å². The van der Waals surface area contributed by atoms with Crippen LogP contribution in [0.2, 0.25) is 0 Å². The van der Waals surface area contributed by atoms with Gasteiger partial charge < -0.3 is 11.1 Å². The van der Waals surface area contributed by atoms with Crippen molar-refractivity contribution in [3.63, 3.8) is 0 Å². The largest absolute Gasteiger partial charge is 0.398 e. The fraction of sp³-hybridized carbons (Fsp3) is 0.182. The summed E-state index contributed by atoms with van der Waals surface area (Å²) >= 11 is 0. The molecule has 0 aliphatic rings. The van der Waals surface area contributed by atoms with E-state index in [-0.39, 0.29) is 11.2 Å². The Hall–Kier alpha value is -3.21. The van der Waals surface area contributed by atoms with Gasteiger partial charge in [-0.2, -0.15) is 0 Å². The summed E-state index contributed by atoms with van der Waals surface area (Å²) in [5.74, 6) is 0.458. The average Bonchev–Trinajstić information content (AvgIpc) is 2.68. The van der Waals surface area contributed by atoms with Gasteiger partial charge in [-0.25, -0.2) is 4.39 Å². The molecule has 3 N–H and O–H groups in total. The van der Waals surface area contributed by atoms with Gasteiger partial charge in [-0.1, -0.05) is 44.7 Å². The molecule has 2 aromatic carbocycles. The minimum absolute atomic E-state index is 0.177. The molecule has 1 heterocycles. The number of nitrogens with one attached hydrogen (secondary N) is 1. The molecule has 4 nitrogen and oxygen atoms in total.